The van der Waals surface area contributed by atoms with E-state index in [2.05, 4.69) is 15.3 Å². The van der Waals surface area contributed by atoms with Crippen LogP contribution in [0.15, 0.2) is 18.2 Å². The monoisotopic (exact) mass is 453 g/mol. The van der Waals surface area contributed by atoms with Crippen molar-refractivity contribution in [1.29, 1.82) is 0 Å². The predicted molar refractivity (Wildman–Crippen MR) is 115 cm³/mol. The number of hydrogen-bond donors (Lipinski definition) is 2. The van der Waals surface area contributed by atoms with E-state index in [0.717, 1.165) is 23.0 Å². The zero-order valence-corrected chi connectivity index (χ0v) is 18.2. The molecule has 1 heterocycles. The molecular formula is C24H31F4N3O. The number of halogens is 4. The summed E-state index contributed by atoms with van der Waals surface area (Å²) >= 11 is 0. The minimum atomic E-state index is -2.61. The third kappa shape index (κ3) is 6.69. The summed E-state index contributed by atoms with van der Waals surface area (Å²) in [5, 5.41) is 2.77. The van der Waals surface area contributed by atoms with Crippen molar-refractivity contribution in [2.75, 3.05) is 0 Å². The third-order valence-electron chi connectivity index (χ3n) is 6.31. The van der Waals surface area contributed by atoms with Crippen molar-refractivity contribution in [2.45, 2.75) is 89.0 Å². The molecule has 4 nitrogen and oxygen atoms in total. The smallest absolute Gasteiger partial charge is 0.248 e. The van der Waals surface area contributed by atoms with Crippen molar-refractivity contribution in [3.8, 4) is 0 Å². The Balaban J connectivity index is 0.000000754. The van der Waals surface area contributed by atoms with Gasteiger partial charge >= 0.3 is 0 Å². The maximum atomic E-state index is 13.6. The molecule has 0 saturated heterocycles. The summed E-state index contributed by atoms with van der Waals surface area (Å²) in [6.45, 7) is 0.307. The zero-order chi connectivity index (χ0) is 22.8. The van der Waals surface area contributed by atoms with Crippen LogP contribution >= 0.6 is 0 Å². The van der Waals surface area contributed by atoms with Crippen LogP contribution in [-0.2, 0) is 17.8 Å². The SMILES string of the molecule is C1CC1.O=C(CC1CC(F)(F)C1)NCc1ccc2nc(CC3CCCC(F)(F)C3)[nH]c2c1. The van der Waals surface area contributed by atoms with E-state index in [1.54, 1.807) is 0 Å². The molecule has 3 saturated carbocycles. The Labute approximate surface area is 185 Å². The standard InChI is InChI=1S/C21H25F4N3O.C3H6/c22-20(23)5-1-2-13(9-20)7-18-27-16-4-3-14(6-17(16)28-18)12-26-19(29)8-15-10-21(24,25)11-15;1-2-3-1/h3-4,6,13,15H,1-2,5,7-12H2,(H,26,29)(H,27,28);1-3H2. The fraction of sp³-hybridized carbons (Fsp3) is 0.667. The Morgan fingerprint density at radius 2 is 1.75 bits per heavy atom. The first-order valence-corrected chi connectivity index (χ1v) is 11.7. The van der Waals surface area contributed by atoms with Gasteiger partial charge in [-0.2, -0.15) is 0 Å². The lowest BCUT2D eigenvalue weighted by Gasteiger charge is -2.34. The van der Waals surface area contributed by atoms with Crippen molar-refractivity contribution in [3.63, 3.8) is 0 Å². The largest absolute Gasteiger partial charge is 0.352 e. The number of alkyl halides is 4. The van der Waals surface area contributed by atoms with Crippen molar-refractivity contribution in [2.24, 2.45) is 11.8 Å². The van der Waals surface area contributed by atoms with Crippen LogP contribution in [0.25, 0.3) is 11.0 Å². The second-order valence-electron chi connectivity index (χ2n) is 9.73. The van der Waals surface area contributed by atoms with Gasteiger partial charge in [-0.3, -0.25) is 4.79 Å². The highest BCUT2D eigenvalue weighted by Crippen LogP contribution is 2.44. The molecule has 32 heavy (non-hydrogen) atoms. The summed E-state index contributed by atoms with van der Waals surface area (Å²) in [7, 11) is 0. The number of carbonyl (C=O) groups is 1. The summed E-state index contributed by atoms with van der Waals surface area (Å²) in [6, 6.07) is 5.55. The number of rotatable bonds is 6. The molecule has 0 spiro atoms. The Bertz CT molecular complexity index is 930. The topological polar surface area (TPSA) is 57.8 Å². The van der Waals surface area contributed by atoms with E-state index in [1.807, 2.05) is 18.2 Å². The van der Waals surface area contributed by atoms with E-state index >= 15 is 0 Å². The van der Waals surface area contributed by atoms with Gasteiger partial charge in [-0.25, -0.2) is 22.5 Å². The van der Waals surface area contributed by atoms with Gasteiger partial charge in [0.15, 0.2) is 0 Å². The number of nitrogens with zero attached hydrogens (tertiary/aromatic N) is 1. The number of hydrogen-bond acceptors (Lipinski definition) is 2. The maximum Gasteiger partial charge on any atom is 0.248 e. The lowest BCUT2D eigenvalue weighted by Crippen LogP contribution is -2.38. The predicted octanol–water partition coefficient (Wildman–Crippen LogP) is 6.15. The number of aromatic nitrogens is 2. The fourth-order valence-electron chi connectivity index (χ4n) is 4.50. The van der Waals surface area contributed by atoms with Gasteiger partial charge in [0.1, 0.15) is 5.82 Å². The summed E-state index contributed by atoms with van der Waals surface area (Å²) in [4.78, 5) is 19.6. The molecule has 1 atom stereocenters. The Morgan fingerprint density at radius 3 is 2.41 bits per heavy atom. The van der Waals surface area contributed by atoms with Gasteiger partial charge < -0.3 is 10.3 Å². The highest BCUT2D eigenvalue weighted by atomic mass is 19.3. The van der Waals surface area contributed by atoms with Crippen molar-refractivity contribution < 1.29 is 22.4 Å². The zero-order valence-electron chi connectivity index (χ0n) is 18.2. The van der Waals surface area contributed by atoms with E-state index in [9.17, 15) is 22.4 Å². The molecule has 1 aromatic carbocycles. The van der Waals surface area contributed by atoms with E-state index in [4.69, 9.17) is 0 Å². The molecule has 0 radical (unpaired) electrons. The fourth-order valence-corrected chi connectivity index (χ4v) is 4.50. The number of carbonyl (C=O) groups excluding carboxylic acids is 1. The number of amides is 1. The van der Waals surface area contributed by atoms with Gasteiger partial charge in [0.25, 0.3) is 0 Å². The van der Waals surface area contributed by atoms with E-state index in [-0.39, 0.29) is 49.8 Å². The molecule has 0 bridgehead atoms. The van der Waals surface area contributed by atoms with Crippen molar-refractivity contribution >= 4 is 16.9 Å². The lowest BCUT2D eigenvalue weighted by molar-refractivity contribution is -0.133. The number of H-pyrrole nitrogens is 1. The molecule has 3 aliphatic rings. The Morgan fingerprint density at radius 1 is 1.03 bits per heavy atom. The molecule has 176 valence electrons. The van der Waals surface area contributed by atoms with E-state index < -0.39 is 11.8 Å². The summed E-state index contributed by atoms with van der Waals surface area (Å²) in [5.41, 5.74) is 2.42. The number of aromatic amines is 1. The van der Waals surface area contributed by atoms with Crippen LogP contribution in [0.3, 0.4) is 0 Å². The molecule has 1 aromatic heterocycles. The molecular weight excluding hydrogens is 422 g/mol. The lowest BCUT2D eigenvalue weighted by atomic mass is 9.79. The molecule has 0 aliphatic heterocycles. The third-order valence-corrected chi connectivity index (χ3v) is 6.31. The summed E-state index contributed by atoms with van der Waals surface area (Å²) in [6.07, 6.45) is 5.92. The molecule has 3 fully saturated rings. The van der Waals surface area contributed by atoms with Crippen molar-refractivity contribution in [1.82, 2.24) is 15.3 Å². The summed E-state index contributed by atoms with van der Waals surface area (Å²) in [5.74, 6) is -5.02. The van der Waals surface area contributed by atoms with Crippen LogP contribution in [0, 0.1) is 11.8 Å². The quantitative estimate of drug-likeness (QED) is 0.515. The molecule has 8 heteroatoms. The second kappa shape index (κ2) is 9.40. The van der Waals surface area contributed by atoms with Crippen LogP contribution in [-0.4, -0.2) is 27.7 Å². The number of fused-ring (bicyclic) bond motifs is 1. The number of imidazole rings is 1. The van der Waals surface area contributed by atoms with Gasteiger partial charge in [-0.05, 0) is 42.4 Å². The van der Waals surface area contributed by atoms with E-state index in [1.165, 1.54) is 19.3 Å². The van der Waals surface area contributed by atoms with Crippen LogP contribution < -0.4 is 5.32 Å². The normalized spacial score (nSPS) is 23.7. The molecule has 5 rings (SSSR count). The van der Waals surface area contributed by atoms with Crippen LogP contribution in [0.5, 0.6) is 0 Å². The minimum absolute atomic E-state index is 0.0259. The van der Waals surface area contributed by atoms with Gasteiger partial charge in [0.2, 0.25) is 17.8 Å². The highest BCUT2D eigenvalue weighted by Gasteiger charge is 2.45. The first kappa shape index (κ1) is 23.1. The van der Waals surface area contributed by atoms with Gasteiger partial charge in [0.05, 0.1) is 11.0 Å². The highest BCUT2D eigenvalue weighted by molar-refractivity contribution is 5.78. The van der Waals surface area contributed by atoms with Crippen molar-refractivity contribution in [3.05, 3.63) is 29.6 Å². The van der Waals surface area contributed by atoms with Gasteiger partial charge in [-0.15, -0.1) is 0 Å². The maximum absolute atomic E-state index is 13.6. The van der Waals surface area contributed by atoms with E-state index in [0.29, 0.717) is 25.2 Å². The van der Waals surface area contributed by atoms with Gasteiger partial charge in [0, 0.05) is 45.1 Å². The molecule has 2 N–H and O–H groups in total. The van der Waals surface area contributed by atoms with Gasteiger partial charge in [-0.1, -0.05) is 25.3 Å². The Kier molecular flexibility index (Phi) is 6.77. The average Bonchev–Trinajstić information content (AvgIpc) is 3.51. The number of benzene rings is 1. The summed E-state index contributed by atoms with van der Waals surface area (Å²) < 4.78 is 52.9. The van der Waals surface area contributed by atoms with Crippen LogP contribution in [0.1, 0.15) is 75.6 Å². The first-order valence-electron chi connectivity index (χ1n) is 11.7. The molecule has 3 aliphatic carbocycles. The van der Waals surface area contributed by atoms with Crippen LogP contribution in [0.4, 0.5) is 17.6 Å². The minimum Gasteiger partial charge on any atom is -0.352 e. The Hall–Kier alpha value is -2.12. The molecule has 2 aromatic rings. The first-order chi connectivity index (χ1) is 15.2. The number of nitrogens with one attached hydrogen (secondary N) is 2. The average molecular weight is 454 g/mol. The molecule has 1 amide bonds. The second-order valence-corrected chi connectivity index (χ2v) is 9.73. The molecule has 1 unspecified atom stereocenters. The van der Waals surface area contributed by atoms with Crippen LogP contribution in [0.2, 0.25) is 0 Å².